The molecule has 0 amide bonds. The van der Waals surface area contributed by atoms with Gasteiger partial charge in [-0.1, -0.05) is 12.1 Å². The van der Waals surface area contributed by atoms with E-state index in [4.69, 9.17) is 14.7 Å². The van der Waals surface area contributed by atoms with Gasteiger partial charge in [-0.15, -0.1) is 0 Å². The van der Waals surface area contributed by atoms with Crippen LogP contribution in [0.3, 0.4) is 0 Å². The SMILES string of the molecule is Cc1cc(Nc2nc(Nc3ccccc3S(=O)(=O)C(C)C)c3cc[nH]c3n2)c(OC(C)C)cc1C1CCN(C2CCN(C)CC2)CC1. The predicted molar refractivity (Wildman–Crippen MR) is 190 cm³/mol. The number of benzene rings is 2. The van der Waals surface area contributed by atoms with E-state index in [1.54, 1.807) is 38.2 Å². The Morgan fingerprint density at radius 1 is 0.915 bits per heavy atom. The van der Waals surface area contributed by atoms with Crippen LogP contribution in [-0.4, -0.2) is 83.8 Å². The van der Waals surface area contributed by atoms with Gasteiger partial charge in [-0.3, -0.25) is 0 Å². The monoisotopic (exact) mass is 659 g/mol. The average molecular weight is 660 g/mol. The highest BCUT2D eigenvalue weighted by Crippen LogP contribution is 2.39. The fraction of sp³-hybridized carbons (Fsp3) is 0.500. The minimum absolute atomic E-state index is 0.0131. The molecule has 2 saturated heterocycles. The lowest BCUT2D eigenvalue weighted by Gasteiger charge is -2.41. The molecule has 0 aliphatic carbocycles. The van der Waals surface area contributed by atoms with Gasteiger partial charge in [0.15, 0.2) is 9.84 Å². The molecule has 4 heterocycles. The van der Waals surface area contributed by atoms with Crippen molar-refractivity contribution in [3.63, 3.8) is 0 Å². The zero-order chi connectivity index (χ0) is 33.3. The van der Waals surface area contributed by atoms with Crippen LogP contribution in [0.15, 0.2) is 53.6 Å². The zero-order valence-corrected chi connectivity index (χ0v) is 29.3. The number of hydrogen-bond acceptors (Lipinski definition) is 9. The quantitative estimate of drug-likeness (QED) is 0.166. The molecule has 0 radical (unpaired) electrons. The van der Waals surface area contributed by atoms with Crippen LogP contribution in [0.4, 0.5) is 23.1 Å². The number of para-hydroxylation sites is 1. The molecule has 0 saturated carbocycles. The van der Waals surface area contributed by atoms with Crippen molar-refractivity contribution in [1.29, 1.82) is 0 Å². The van der Waals surface area contributed by atoms with E-state index in [0.717, 1.165) is 42.8 Å². The molecule has 0 bridgehead atoms. The van der Waals surface area contributed by atoms with E-state index < -0.39 is 15.1 Å². The molecule has 252 valence electrons. The smallest absolute Gasteiger partial charge is 0.231 e. The Kier molecular flexibility index (Phi) is 9.77. The Hall–Kier alpha value is -3.67. The van der Waals surface area contributed by atoms with Gasteiger partial charge in [0.25, 0.3) is 0 Å². The second kappa shape index (κ2) is 13.8. The summed E-state index contributed by atoms with van der Waals surface area (Å²) in [6.07, 6.45) is 6.62. The van der Waals surface area contributed by atoms with Crippen LogP contribution in [-0.2, 0) is 9.84 Å². The maximum absolute atomic E-state index is 13.2. The zero-order valence-electron chi connectivity index (χ0n) is 28.5. The van der Waals surface area contributed by atoms with Crippen molar-refractivity contribution in [3.05, 3.63) is 59.8 Å². The van der Waals surface area contributed by atoms with Crippen LogP contribution in [0.1, 0.15) is 70.4 Å². The first kappa shape index (κ1) is 33.2. The van der Waals surface area contributed by atoms with Gasteiger partial charge in [0.1, 0.15) is 17.2 Å². The third-order valence-electron chi connectivity index (χ3n) is 9.63. The van der Waals surface area contributed by atoms with Crippen molar-refractivity contribution in [2.24, 2.45) is 0 Å². The van der Waals surface area contributed by atoms with Crippen LogP contribution in [0.2, 0.25) is 0 Å². The summed E-state index contributed by atoms with van der Waals surface area (Å²) < 4.78 is 32.7. The van der Waals surface area contributed by atoms with E-state index in [1.807, 2.05) is 26.0 Å². The Morgan fingerprint density at radius 3 is 2.34 bits per heavy atom. The number of piperidine rings is 2. The third kappa shape index (κ3) is 7.27. The normalized spacial score (nSPS) is 17.5. The maximum Gasteiger partial charge on any atom is 0.231 e. The Balaban J connectivity index is 1.27. The van der Waals surface area contributed by atoms with Crippen LogP contribution >= 0.6 is 0 Å². The molecule has 2 aromatic carbocycles. The highest BCUT2D eigenvalue weighted by Gasteiger charge is 2.29. The van der Waals surface area contributed by atoms with E-state index >= 15 is 0 Å². The van der Waals surface area contributed by atoms with Crippen LogP contribution in [0, 0.1) is 6.92 Å². The summed E-state index contributed by atoms with van der Waals surface area (Å²) in [4.78, 5) is 18.2. The number of H-pyrrole nitrogens is 1. The summed E-state index contributed by atoms with van der Waals surface area (Å²) in [6, 6.07) is 13.9. The van der Waals surface area contributed by atoms with Crippen molar-refractivity contribution in [2.75, 3.05) is 43.9 Å². The van der Waals surface area contributed by atoms with Gasteiger partial charge in [-0.05, 0) is 141 Å². The second-order valence-corrected chi connectivity index (χ2v) is 16.2. The van der Waals surface area contributed by atoms with Gasteiger partial charge in [0.2, 0.25) is 5.95 Å². The lowest BCUT2D eigenvalue weighted by Crippen LogP contribution is -2.46. The molecular formula is C36H49N7O3S. The summed E-state index contributed by atoms with van der Waals surface area (Å²) in [7, 11) is -1.30. The number of anilines is 4. The summed E-state index contributed by atoms with van der Waals surface area (Å²) in [5, 5.41) is 6.93. The number of aromatic amines is 1. The molecule has 3 N–H and O–H groups in total. The van der Waals surface area contributed by atoms with Gasteiger partial charge < -0.3 is 30.2 Å². The van der Waals surface area contributed by atoms with Gasteiger partial charge in [0.05, 0.1) is 33.0 Å². The van der Waals surface area contributed by atoms with E-state index in [0.29, 0.717) is 35.1 Å². The molecule has 4 aromatic rings. The van der Waals surface area contributed by atoms with E-state index in [2.05, 4.69) is 51.5 Å². The maximum atomic E-state index is 13.2. The predicted octanol–water partition coefficient (Wildman–Crippen LogP) is 7.00. The molecule has 0 unspecified atom stereocenters. The van der Waals surface area contributed by atoms with Crippen molar-refractivity contribution in [1.82, 2.24) is 24.8 Å². The highest BCUT2D eigenvalue weighted by atomic mass is 32.2. The van der Waals surface area contributed by atoms with E-state index in [-0.39, 0.29) is 11.0 Å². The van der Waals surface area contributed by atoms with Crippen molar-refractivity contribution < 1.29 is 13.2 Å². The number of ether oxygens (including phenoxy) is 1. The molecular weight excluding hydrogens is 611 g/mol. The topological polar surface area (TPSA) is 115 Å². The van der Waals surface area contributed by atoms with Crippen molar-refractivity contribution in [2.45, 2.75) is 88.5 Å². The Labute approximate surface area is 279 Å². The summed E-state index contributed by atoms with van der Waals surface area (Å²) in [6.45, 7) is 14.3. The largest absolute Gasteiger partial charge is 0.489 e. The lowest BCUT2D eigenvalue weighted by atomic mass is 9.85. The van der Waals surface area contributed by atoms with Crippen LogP contribution in [0.5, 0.6) is 5.75 Å². The van der Waals surface area contributed by atoms with Crippen molar-refractivity contribution >= 4 is 44.0 Å². The fourth-order valence-electron chi connectivity index (χ4n) is 6.94. The number of likely N-dealkylation sites (tertiary alicyclic amines) is 2. The summed E-state index contributed by atoms with van der Waals surface area (Å²) >= 11 is 0. The van der Waals surface area contributed by atoms with E-state index in [9.17, 15) is 8.42 Å². The third-order valence-corrected chi connectivity index (χ3v) is 11.8. The first-order valence-electron chi connectivity index (χ1n) is 17.0. The molecule has 2 fully saturated rings. The standard InChI is InChI=1S/C36H49N7O3S/c1-23(2)46-32-22-29(26-12-19-43(20-13-26)27-14-17-42(6)18-15-27)25(5)21-31(32)39-36-40-34-28(11-16-37-34)35(41-36)38-30-9-7-8-10-33(30)47(44,45)24(3)4/h7-11,16,21-24,26-27H,12-15,17-20H2,1-6H3,(H3,37,38,39,40,41). The van der Waals surface area contributed by atoms with Crippen LogP contribution in [0.25, 0.3) is 11.0 Å². The lowest BCUT2D eigenvalue weighted by molar-refractivity contribution is 0.0965. The fourth-order valence-corrected chi connectivity index (χ4v) is 8.14. The first-order chi connectivity index (χ1) is 22.5. The van der Waals surface area contributed by atoms with Gasteiger partial charge in [-0.25, -0.2) is 8.42 Å². The molecule has 10 nitrogen and oxygen atoms in total. The first-order valence-corrected chi connectivity index (χ1v) is 18.5. The van der Waals surface area contributed by atoms with Gasteiger partial charge in [0, 0.05) is 12.2 Å². The molecule has 11 heteroatoms. The number of aromatic nitrogens is 3. The second-order valence-electron chi connectivity index (χ2n) is 13.7. The summed E-state index contributed by atoms with van der Waals surface area (Å²) in [5.74, 6) is 2.14. The Bertz CT molecular complexity index is 1800. The molecule has 0 spiro atoms. The molecule has 47 heavy (non-hydrogen) atoms. The van der Waals surface area contributed by atoms with Gasteiger partial charge in [-0.2, -0.15) is 9.97 Å². The molecule has 2 aliphatic rings. The minimum Gasteiger partial charge on any atom is -0.489 e. The highest BCUT2D eigenvalue weighted by molar-refractivity contribution is 7.92. The number of fused-ring (bicyclic) bond motifs is 1. The Morgan fingerprint density at radius 2 is 1.64 bits per heavy atom. The number of hydrogen-bond donors (Lipinski definition) is 3. The van der Waals surface area contributed by atoms with Crippen molar-refractivity contribution in [3.8, 4) is 5.75 Å². The summed E-state index contributed by atoms with van der Waals surface area (Å²) in [5.41, 5.74) is 4.46. The number of rotatable bonds is 10. The van der Waals surface area contributed by atoms with Gasteiger partial charge >= 0.3 is 0 Å². The molecule has 2 aliphatic heterocycles. The molecule has 0 atom stereocenters. The number of nitrogens with zero attached hydrogens (tertiary/aromatic N) is 4. The minimum atomic E-state index is -3.52. The number of aryl methyl sites for hydroxylation is 1. The van der Waals surface area contributed by atoms with Crippen LogP contribution < -0.4 is 15.4 Å². The average Bonchev–Trinajstić information content (AvgIpc) is 3.52. The molecule has 2 aromatic heterocycles. The molecule has 6 rings (SSSR count). The number of nitrogens with one attached hydrogen (secondary N) is 3. The number of sulfone groups is 1. The van der Waals surface area contributed by atoms with E-state index in [1.165, 1.54) is 37.1 Å².